The summed E-state index contributed by atoms with van der Waals surface area (Å²) >= 11 is 0. The van der Waals surface area contributed by atoms with Crippen LogP contribution in [0.2, 0.25) is 0 Å². The van der Waals surface area contributed by atoms with Crippen LogP contribution in [0, 0.1) is 35.5 Å². The summed E-state index contributed by atoms with van der Waals surface area (Å²) in [6, 6.07) is 0.871. The van der Waals surface area contributed by atoms with Gasteiger partial charge in [0, 0.05) is 6.04 Å². The van der Waals surface area contributed by atoms with Crippen molar-refractivity contribution in [3.8, 4) is 0 Å². The summed E-state index contributed by atoms with van der Waals surface area (Å²) in [6.45, 7) is 3.51. The second kappa shape index (κ2) is 5.63. The van der Waals surface area contributed by atoms with E-state index in [1.807, 2.05) is 0 Å². The summed E-state index contributed by atoms with van der Waals surface area (Å²) in [4.78, 5) is 0. The maximum atomic E-state index is 3.98. The molecule has 5 rings (SSSR count). The van der Waals surface area contributed by atoms with E-state index < -0.39 is 0 Å². The van der Waals surface area contributed by atoms with Crippen molar-refractivity contribution in [1.82, 2.24) is 5.32 Å². The molecule has 0 aromatic heterocycles. The third-order valence-electron chi connectivity index (χ3n) is 7.31. The van der Waals surface area contributed by atoms with E-state index in [-0.39, 0.29) is 0 Å². The SMILES string of the molecule is CCNC(C1CCCCC1)C1C2CC3CC(C2)CC1C3. The number of rotatable bonds is 4. The number of hydrogen-bond donors (Lipinski definition) is 1. The molecule has 114 valence electrons. The van der Waals surface area contributed by atoms with Gasteiger partial charge in [-0.15, -0.1) is 0 Å². The zero-order chi connectivity index (χ0) is 13.5. The topological polar surface area (TPSA) is 12.0 Å². The highest BCUT2D eigenvalue weighted by atomic mass is 14.9. The lowest BCUT2D eigenvalue weighted by molar-refractivity contribution is -0.0628. The molecule has 1 heteroatoms. The summed E-state index contributed by atoms with van der Waals surface area (Å²) in [5, 5.41) is 3.98. The minimum absolute atomic E-state index is 0.871. The predicted octanol–water partition coefficient (Wildman–Crippen LogP) is 4.62. The molecule has 1 nitrogen and oxygen atoms in total. The van der Waals surface area contributed by atoms with E-state index in [4.69, 9.17) is 0 Å². The van der Waals surface area contributed by atoms with Crippen LogP contribution < -0.4 is 5.32 Å². The summed E-state index contributed by atoms with van der Waals surface area (Å²) in [5.74, 6) is 6.50. The van der Waals surface area contributed by atoms with Gasteiger partial charge in [0.25, 0.3) is 0 Å². The second-order valence-electron chi connectivity index (χ2n) is 8.49. The molecule has 4 bridgehead atoms. The van der Waals surface area contributed by atoms with E-state index in [0.717, 1.165) is 41.5 Å². The third kappa shape index (κ3) is 2.34. The van der Waals surface area contributed by atoms with Gasteiger partial charge in [0.15, 0.2) is 0 Å². The molecule has 0 amide bonds. The summed E-state index contributed by atoms with van der Waals surface area (Å²) in [6.07, 6.45) is 15.5. The van der Waals surface area contributed by atoms with Crippen molar-refractivity contribution < 1.29 is 0 Å². The lowest BCUT2D eigenvalue weighted by Gasteiger charge is -2.57. The summed E-state index contributed by atoms with van der Waals surface area (Å²) in [5.41, 5.74) is 0. The third-order valence-corrected chi connectivity index (χ3v) is 7.31. The average molecular weight is 275 g/mol. The Bertz CT molecular complexity index is 303. The first-order valence-electron chi connectivity index (χ1n) is 9.58. The molecular weight excluding hydrogens is 242 g/mol. The normalized spacial score (nSPS) is 45.8. The van der Waals surface area contributed by atoms with Crippen LogP contribution in [0.5, 0.6) is 0 Å². The molecule has 5 fully saturated rings. The molecule has 0 aromatic rings. The van der Waals surface area contributed by atoms with Crippen LogP contribution in [0.3, 0.4) is 0 Å². The van der Waals surface area contributed by atoms with Crippen LogP contribution in [0.25, 0.3) is 0 Å². The monoisotopic (exact) mass is 275 g/mol. The van der Waals surface area contributed by atoms with Crippen LogP contribution in [0.1, 0.15) is 71.1 Å². The van der Waals surface area contributed by atoms with Gasteiger partial charge in [-0.25, -0.2) is 0 Å². The largest absolute Gasteiger partial charge is 0.314 e. The van der Waals surface area contributed by atoms with Gasteiger partial charge in [0.05, 0.1) is 0 Å². The Balaban J connectivity index is 1.53. The predicted molar refractivity (Wildman–Crippen MR) is 84.6 cm³/mol. The molecule has 0 radical (unpaired) electrons. The Morgan fingerprint density at radius 3 is 2.00 bits per heavy atom. The van der Waals surface area contributed by atoms with E-state index in [0.29, 0.717) is 0 Å². The van der Waals surface area contributed by atoms with Crippen LogP contribution in [-0.4, -0.2) is 12.6 Å². The average Bonchev–Trinajstić information content (AvgIpc) is 2.46. The highest BCUT2D eigenvalue weighted by molar-refractivity contribution is 5.03. The number of nitrogens with one attached hydrogen (secondary N) is 1. The van der Waals surface area contributed by atoms with Gasteiger partial charge in [-0.1, -0.05) is 26.2 Å². The minimum Gasteiger partial charge on any atom is -0.314 e. The van der Waals surface area contributed by atoms with Crippen molar-refractivity contribution in [3.63, 3.8) is 0 Å². The Morgan fingerprint density at radius 2 is 1.45 bits per heavy atom. The van der Waals surface area contributed by atoms with Crippen molar-refractivity contribution in [1.29, 1.82) is 0 Å². The van der Waals surface area contributed by atoms with Crippen molar-refractivity contribution in [2.75, 3.05) is 6.54 Å². The molecule has 5 aliphatic rings. The summed E-state index contributed by atoms with van der Waals surface area (Å²) in [7, 11) is 0. The highest BCUT2D eigenvalue weighted by Gasteiger charge is 2.51. The first-order valence-corrected chi connectivity index (χ1v) is 9.58. The quantitative estimate of drug-likeness (QED) is 0.789. The molecule has 0 aromatic carbocycles. The maximum absolute atomic E-state index is 3.98. The smallest absolute Gasteiger partial charge is 0.0129 e. The maximum Gasteiger partial charge on any atom is 0.0129 e. The standard InChI is InChI=1S/C19H33N/c1-2-20-19(15-6-4-3-5-7-15)18-16-9-13-8-14(11-16)12-17(18)10-13/h13-20H,2-12H2,1H3. The van der Waals surface area contributed by atoms with Crippen LogP contribution in [-0.2, 0) is 0 Å². The van der Waals surface area contributed by atoms with E-state index >= 15 is 0 Å². The first-order chi connectivity index (χ1) is 9.85. The molecule has 5 saturated carbocycles. The fourth-order valence-electron chi connectivity index (χ4n) is 6.90. The first kappa shape index (κ1) is 13.6. The Morgan fingerprint density at radius 1 is 0.850 bits per heavy atom. The Kier molecular flexibility index (Phi) is 3.83. The zero-order valence-electron chi connectivity index (χ0n) is 13.3. The van der Waals surface area contributed by atoms with E-state index in [1.54, 1.807) is 32.1 Å². The van der Waals surface area contributed by atoms with Crippen LogP contribution in [0.15, 0.2) is 0 Å². The van der Waals surface area contributed by atoms with Crippen molar-refractivity contribution in [2.24, 2.45) is 35.5 Å². The van der Waals surface area contributed by atoms with Crippen molar-refractivity contribution in [3.05, 3.63) is 0 Å². The minimum atomic E-state index is 0.871. The number of hydrogen-bond acceptors (Lipinski definition) is 1. The van der Waals surface area contributed by atoms with E-state index in [9.17, 15) is 0 Å². The molecule has 1 N–H and O–H groups in total. The fraction of sp³-hybridized carbons (Fsp3) is 1.00. The van der Waals surface area contributed by atoms with Gasteiger partial charge >= 0.3 is 0 Å². The molecule has 0 saturated heterocycles. The molecular formula is C19H33N. The fourth-order valence-corrected chi connectivity index (χ4v) is 6.90. The molecule has 5 aliphatic carbocycles. The Hall–Kier alpha value is -0.0400. The van der Waals surface area contributed by atoms with Gasteiger partial charge in [-0.3, -0.25) is 0 Å². The van der Waals surface area contributed by atoms with E-state index in [2.05, 4.69) is 12.2 Å². The second-order valence-corrected chi connectivity index (χ2v) is 8.49. The van der Waals surface area contributed by atoms with Crippen molar-refractivity contribution in [2.45, 2.75) is 77.2 Å². The van der Waals surface area contributed by atoms with Gasteiger partial charge in [-0.2, -0.15) is 0 Å². The van der Waals surface area contributed by atoms with Gasteiger partial charge in [-0.05, 0) is 87.0 Å². The summed E-state index contributed by atoms with van der Waals surface area (Å²) < 4.78 is 0. The van der Waals surface area contributed by atoms with Crippen molar-refractivity contribution >= 4 is 0 Å². The van der Waals surface area contributed by atoms with Gasteiger partial charge < -0.3 is 5.32 Å². The molecule has 1 atom stereocenters. The van der Waals surface area contributed by atoms with Gasteiger partial charge in [0.1, 0.15) is 0 Å². The lowest BCUT2D eigenvalue weighted by atomic mass is 9.49. The zero-order valence-corrected chi connectivity index (χ0v) is 13.3. The van der Waals surface area contributed by atoms with Crippen LogP contribution in [0.4, 0.5) is 0 Å². The molecule has 0 aliphatic heterocycles. The van der Waals surface area contributed by atoms with E-state index in [1.165, 1.54) is 38.6 Å². The molecule has 20 heavy (non-hydrogen) atoms. The molecule has 0 spiro atoms. The molecule has 1 unspecified atom stereocenters. The lowest BCUT2D eigenvalue weighted by Crippen LogP contribution is -2.55. The highest BCUT2D eigenvalue weighted by Crippen LogP contribution is 2.58. The molecule has 0 heterocycles. The Labute approximate surface area is 125 Å². The van der Waals surface area contributed by atoms with Gasteiger partial charge in [0.2, 0.25) is 0 Å². The van der Waals surface area contributed by atoms with Crippen LogP contribution >= 0.6 is 0 Å².